The van der Waals surface area contributed by atoms with E-state index in [1.165, 1.54) is 0 Å². The molecule has 0 saturated carbocycles. The molecule has 6 heteroatoms. The fourth-order valence-electron chi connectivity index (χ4n) is 2.11. The van der Waals surface area contributed by atoms with Crippen molar-refractivity contribution >= 4 is 19.7 Å². The van der Waals surface area contributed by atoms with Crippen LogP contribution in [0.1, 0.15) is 39.5 Å². The number of halogens is 1. The van der Waals surface area contributed by atoms with Gasteiger partial charge in [0.1, 0.15) is 0 Å². The lowest BCUT2D eigenvalue weighted by molar-refractivity contribution is -0.102. The lowest BCUT2D eigenvalue weighted by Gasteiger charge is -2.32. The first-order valence-corrected chi connectivity index (χ1v) is 8.54. The zero-order chi connectivity index (χ0) is 12.9. The van der Waals surface area contributed by atoms with Gasteiger partial charge in [-0.25, -0.2) is 8.42 Å². The molecule has 1 aliphatic heterocycles. The van der Waals surface area contributed by atoms with E-state index in [0.29, 0.717) is 13.0 Å². The first-order valence-electron chi connectivity index (χ1n) is 6.06. The molecule has 17 heavy (non-hydrogen) atoms. The molecule has 102 valence electrons. The van der Waals surface area contributed by atoms with Gasteiger partial charge in [0.25, 0.3) is 0 Å². The molecule has 0 N–H and O–H groups in total. The molecular formula is C11H21ClO4S. The van der Waals surface area contributed by atoms with Crippen molar-refractivity contribution in [2.75, 3.05) is 12.4 Å². The summed E-state index contributed by atoms with van der Waals surface area (Å²) < 4.78 is 32.7. The molecule has 0 spiro atoms. The average Bonchev–Trinajstić information content (AvgIpc) is 2.13. The maximum atomic E-state index is 10.7. The molecule has 0 aliphatic carbocycles. The highest BCUT2D eigenvalue weighted by molar-refractivity contribution is 8.13. The fourth-order valence-corrected chi connectivity index (χ4v) is 2.98. The molecule has 0 aromatic carbocycles. The summed E-state index contributed by atoms with van der Waals surface area (Å²) >= 11 is 0. The Hall–Kier alpha value is 0.160. The maximum Gasteiger partial charge on any atom is 0.232 e. The zero-order valence-corrected chi connectivity index (χ0v) is 12.0. The maximum absolute atomic E-state index is 10.7. The summed E-state index contributed by atoms with van der Waals surface area (Å²) in [6.07, 6.45) is 3.84. The molecule has 0 radical (unpaired) electrons. The molecule has 0 amide bonds. The van der Waals surface area contributed by atoms with Crippen molar-refractivity contribution in [3.05, 3.63) is 0 Å². The van der Waals surface area contributed by atoms with Crippen LogP contribution in [0, 0.1) is 0 Å². The minimum atomic E-state index is -3.35. The van der Waals surface area contributed by atoms with Crippen LogP contribution in [0.3, 0.4) is 0 Å². The number of rotatable bonds is 6. The van der Waals surface area contributed by atoms with E-state index in [4.69, 9.17) is 20.2 Å². The summed E-state index contributed by atoms with van der Waals surface area (Å²) in [5.41, 5.74) is 0. The second kappa shape index (κ2) is 6.92. The van der Waals surface area contributed by atoms with Crippen LogP contribution in [-0.4, -0.2) is 39.1 Å². The molecule has 1 fully saturated rings. The van der Waals surface area contributed by atoms with Crippen LogP contribution in [-0.2, 0) is 18.5 Å². The first kappa shape index (κ1) is 15.2. The summed E-state index contributed by atoms with van der Waals surface area (Å²) in [6, 6.07) is 0. The molecule has 1 heterocycles. The van der Waals surface area contributed by atoms with Crippen molar-refractivity contribution in [3.8, 4) is 0 Å². The van der Waals surface area contributed by atoms with Crippen molar-refractivity contribution < 1.29 is 17.9 Å². The van der Waals surface area contributed by atoms with Crippen LogP contribution >= 0.6 is 10.7 Å². The van der Waals surface area contributed by atoms with Gasteiger partial charge >= 0.3 is 0 Å². The van der Waals surface area contributed by atoms with Crippen LogP contribution in [0.15, 0.2) is 0 Å². The third-order valence-corrected chi connectivity index (χ3v) is 4.03. The van der Waals surface area contributed by atoms with E-state index in [0.717, 1.165) is 19.3 Å². The van der Waals surface area contributed by atoms with E-state index in [1.54, 1.807) is 0 Å². The van der Waals surface area contributed by atoms with Gasteiger partial charge in [-0.15, -0.1) is 0 Å². The quantitative estimate of drug-likeness (QED) is 0.555. The average molecular weight is 285 g/mol. The van der Waals surface area contributed by atoms with Crippen LogP contribution in [0.2, 0.25) is 0 Å². The van der Waals surface area contributed by atoms with Crippen molar-refractivity contribution in [2.45, 2.75) is 57.8 Å². The SMILES string of the molecule is CC1CC(OCCCCS(=O)(=O)Cl)CC(C)O1. The third kappa shape index (κ3) is 7.24. The van der Waals surface area contributed by atoms with Gasteiger partial charge < -0.3 is 9.47 Å². The summed E-state index contributed by atoms with van der Waals surface area (Å²) in [4.78, 5) is 0. The van der Waals surface area contributed by atoms with Crippen molar-refractivity contribution in [2.24, 2.45) is 0 Å². The Balaban J connectivity index is 2.10. The molecule has 0 bridgehead atoms. The predicted octanol–water partition coefficient (Wildman–Crippen LogP) is 2.31. The van der Waals surface area contributed by atoms with Crippen LogP contribution in [0.5, 0.6) is 0 Å². The van der Waals surface area contributed by atoms with Crippen LogP contribution < -0.4 is 0 Å². The van der Waals surface area contributed by atoms with E-state index in [1.807, 2.05) is 13.8 Å². The molecule has 2 unspecified atom stereocenters. The molecule has 1 saturated heterocycles. The summed E-state index contributed by atoms with van der Waals surface area (Å²) in [5, 5.41) is 0. The van der Waals surface area contributed by atoms with E-state index in [2.05, 4.69) is 0 Å². The van der Waals surface area contributed by atoms with Gasteiger partial charge in [0.15, 0.2) is 0 Å². The number of ether oxygens (including phenoxy) is 2. The highest BCUT2D eigenvalue weighted by Crippen LogP contribution is 2.21. The van der Waals surface area contributed by atoms with Gasteiger partial charge in [-0.2, -0.15) is 0 Å². The molecule has 0 aromatic rings. The zero-order valence-electron chi connectivity index (χ0n) is 10.4. The third-order valence-electron chi connectivity index (χ3n) is 2.79. The lowest BCUT2D eigenvalue weighted by atomic mass is 10.0. The Kier molecular flexibility index (Phi) is 6.20. The molecule has 2 atom stereocenters. The second-order valence-electron chi connectivity index (χ2n) is 4.67. The number of unbranched alkanes of at least 4 members (excludes halogenated alkanes) is 1. The standard InChI is InChI=1S/C11H21ClO4S/c1-9-7-11(8-10(2)16-9)15-5-3-4-6-17(12,13)14/h9-11H,3-8H2,1-2H3. The van der Waals surface area contributed by atoms with Crippen LogP contribution in [0.4, 0.5) is 0 Å². The van der Waals surface area contributed by atoms with Gasteiger partial charge in [0.2, 0.25) is 9.05 Å². The molecule has 4 nitrogen and oxygen atoms in total. The Morgan fingerprint density at radius 2 is 1.82 bits per heavy atom. The Labute approximate surface area is 108 Å². The van der Waals surface area contributed by atoms with E-state index >= 15 is 0 Å². The van der Waals surface area contributed by atoms with Crippen molar-refractivity contribution in [1.29, 1.82) is 0 Å². The fraction of sp³-hybridized carbons (Fsp3) is 1.00. The molecule has 1 rings (SSSR count). The minimum Gasteiger partial charge on any atom is -0.378 e. The van der Waals surface area contributed by atoms with Gasteiger partial charge in [0, 0.05) is 17.3 Å². The van der Waals surface area contributed by atoms with Gasteiger partial charge in [0.05, 0.1) is 24.1 Å². The lowest BCUT2D eigenvalue weighted by Crippen LogP contribution is -2.34. The summed E-state index contributed by atoms with van der Waals surface area (Å²) in [6.45, 7) is 4.69. The number of hydrogen-bond donors (Lipinski definition) is 0. The first-order chi connectivity index (χ1) is 7.87. The van der Waals surface area contributed by atoms with Crippen molar-refractivity contribution in [3.63, 3.8) is 0 Å². The predicted molar refractivity (Wildman–Crippen MR) is 67.9 cm³/mol. The Morgan fingerprint density at radius 1 is 1.24 bits per heavy atom. The Bertz CT molecular complexity index is 307. The Morgan fingerprint density at radius 3 is 2.35 bits per heavy atom. The highest BCUT2D eigenvalue weighted by Gasteiger charge is 2.24. The van der Waals surface area contributed by atoms with E-state index in [9.17, 15) is 8.42 Å². The van der Waals surface area contributed by atoms with E-state index < -0.39 is 9.05 Å². The van der Waals surface area contributed by atoms with Gasteiger partial charge in [-0.3, -0.25) is 0 Å². The number of hydrogen-bond acceptors (Lipinski definition) is 4. The highest BCUT2D eigenvalue weighted by atomic mass is 35.7. The molecule has 0 aromatic heterocycles. The van der Waals surface area contributed by atoms with E-state index in [-0.39, 0.29) is 24.1 Å². The largest absolute Gasteiger partial charge is 0.378 e. The monoisotopic (exact) mass is 284 g/mol. The van der Waals surface area contributed by atoms with Gasteiger partial charge in [-0.05, 0) is 39.5 Å². The molecule has 1 aliphatic rings. The normalized spacial score (nSPS) is 30.4. The molecular weight excluding hydrogens is 264 g/mol. The van der Waals surface area contributed by atoms with Gasteiger partial charge in [-0.1, -0.05) is 0 Å². The second-order valence-corrected chi connectivity index (χ2v) is 7.57. The summed E-state index contributed by atoms with van der Waals surface area (Å²) in [5.74, 6) is 0.0263. The van der Waals surface area contributed by atoms with Crippen molar-refractivity contribution in [1.82, 2.24) is 0 Å². The van der Waals surface area contributed by atoms with Crippen LogP contribution in [0.25, 0.3) is 0 Å². The minimum absolute atomic E-state index is 0.0263. The topological polar surface area (TPSA) is 52.6 Å². The summed E-state index contributed by atoms with van der Waals surface area (Å²) in [7, 11) is 1.76. The smallest absolute Gasteiger partial charge is 0.232 e.